The van der Waals surface area contributed by atoms with Crippen molar-refractivity contribution >= 4 is 0 Å². The molecule has 4 rings (SSSR count). The van der Waals surface area contributed by atoms with Crippen molar-refractivity contribution in [2.24, 2.45) is 58.2 Å². The van der Waals surface area contributed by atoms with E-state index in [-0.39, 0.29) is 13.6 Å². The van der Waals surface area contributed by atoms with E-state index >= 15 is 0 Å². The van der Waals surface area contributed by atoms with E-state index in [1.165, 1.54) is 51.4 Å². The van der Waals surface area contributed by atoms with Gasteiger partial charge in [0, 0.05) is 1.43 Å². The lowest BCUT2D eigenvalue weighted by atomic mass is 9.44. The Bertz CT molecular complexity index is 608. The molecular formula is C28H52O2. The van der Waals surface area contributed by atoms with E-state index in [9.17, 15) is 10.2 Å². The van der Waals surface area contributed by atoms with Crippen LogP contribution in [0.25, 0.3) is 0 Å². The van der Waals surface area contributed by atoms with Crippen LogP contribution in [0, 0.1) is 58.2 Å². The van der Waals surface area contributed by atoms with Gasteiger partial charge in [-0.15, -0.1) is 0 Å². The second-order valence-corrected chi connectivity index (χ2v) is 12.9. The van der Waals surface area contributed by atoms with Crippen LogP contribution in [-0.2, 0) is 0 Å². The van der Waals surface area contributed by atoms with Crippen LogP contribution < -0.4 is 0 Å². The van der Waals surface area contributed by atoms with Gasteiger partial charge in [0.05, 0.1) is 12.2 Å². The van der Waals surface area contributed by atoms with Gasteiger partial charge in [-0.25, -0.2) is 0 Å². The Kier molecular flexibility index (Phi) is 6.44. The molecule has 0 saturated heterocycles. The van der Waals surface area contributed by atoms with Crippen LogP contribution in [0.1, 0.15) is 107 Å². The predicted molar refractivity (Wildman–Crippen MR) is 127 cm³/mol. The molecule has 2 N–H and O–H groups in total. The molecule has 0 aromatic rings. The summed E-state index contributed by atoms with van der Waals surface area (Å²) in [4.78, 5) is 0. The fraction of sp³-hybridized carbons (Fsp3) is 1.00. The van der Waals surface area contributed by atoms with Crippen LogP contribution in [0.3, 0.4) is 0 Å². The van der Waals surface area contributed by atoms with Gasteiger partial charge in [0.15, 0.2) is 0 Å². The first-order valence-corrected chi connectivity index (χ1v) is 13.5. The minimum atomic E-state index is -0.175. The van der Waals surface area contributed by atoms with Crippen LogP contribution >= 0.6 is 0 Å². The van der Waals surface area contributed by atoms with Gasteiger partial charge in [0.1, 0.15) is 0 Å². The summed E-state index contributed by atoms with van der Waals surface area (Å²) >= 11 is 0. The minimum absolute atomic E-state index is 0. The number of fused-ring (bicyclic) bond motifs is 5. The quantitative estimate of drug-likeness (QED) is 0.506. The lowest BCUT2D eigenvalue weighted by Crippen LogP contribution is -2.57. The Labute approximate surface area is 188 Å². The average molecular weight is 421 g/mol. The van der Waals surface area contributed by atoms with Crippen molar-refractivity contribution in [1.29, 1.82) is 0 Å². The highest BCUT2D eigenvalue weighted by molar-refractivity contribution is 5.11. The van der Waals surface area contributed by atoms with Gasteiger partial charge in [0.25, 0.3) is 0 Å². The fourth-order valence-electron chi connectivity index (χ4n) is 10.00. The summed E-state index contributed by atoms with van der Waals surface area (Å²) in [7, 11) is 0. The van der Waals surface area contributed by atoms with Crippen molar-refractivity contribution < 1.29 is 11.6 Å². The normalized spacial score (nSPS) is 49.1. The summed E-state index contributed by atoms with van der Waals surface area (Å²) in [5.41, 5.74) is 0.727. The summed E-state index contributed by atoms with van der Waals surface area (Å²) in [6.07, 6.45) is 12.5. The molecular weight excluding hydrogens is 368 g/mol. The third-order valence-corrected chi connectivity index (χ3v) is 11.6. The molecule has 176 valence electrons. The van der Waals surface area contributed by atoms with Crippen LogP contribution in [0.2, 0.25) is 0 Å². The number of hydrogen-bond acceptors (Lipinski definition) is 2. The summed E-state index contributed by atoms with van der Waals surface area (Å²) < 4.78 is 0. The Hall–Kier alpha value is -0.0800. The number of aliphatic hydroxyl groups is 2. The number of hydrogen-bond donors (Lipinski definition) is 2. The SMILES string of the molecule is CCC(C(C)C)C(O)C(C)C1CCC2C3CC(O)C4CCCCC4(C)C3CCC12C.[HH]. The Balaban J connectivity index is 0.00000272. The van der Waals surface area contributed by atoms with Gasteiger partial charge in [-0.3, -0.25) is 0 Å². The van der Waals surface area contributed by atoms with Crippen LogP contribution in [0.15, 0.2) is 0 Å². The molecule has 0 bridgehead atoms. The zero-order valence-corrected chi connectivity index (χ0v) is 20.7. The molecule has 0 aromatic heterocycles. The fourth-order valence-corrected chi connectivity index (χ4v) is 10.00. The highest BCUT2D eigenvalue weighted by atomic mass is 16.3. The van der Waals surface area contributed by atoms with Crippen LogP contribution in [-0.4, -0.2) is 22.4 Å². The first-order valence-electron chi connectivity index (χ1n) is 13.5. The number of aliphatic hydroxyl groups excluding tert-OH is 2. The van der Waals surface area contributed by atoms with Crippen molar-refractivity contribution in [1.82, 2.24) is 0 Å². The summed E-state index contributed by atoms with van der Waals surface area (Å²) in [6.45, 7) is 14.3. The lowest BCUT2D eigenvalue weighted by molar-refractivity contribution is -0.161. The average Bonchev–Trinajstić information content (AvgIpc) is 3.05. The van der Waals surface area contributed by atoms with E-state index in [0.29, 0.717) is 46.3 Å². The first kappa shape index (κ1) is 23.1. The molecule has 4 aliphatic rings. The molecule has 0 spiro atoms. The topological polar surface area (TPSA) is 40.5 Å². The largest absolute Gasteiger partial charge is 0.393 e. The van der Waals surface area contributed by atoms with E-state index in [0.717, 1.165) is 24.7 Å². The van der Waals surface area contributed by atoms with Gasteiger partial charge >= 0.3 is 0 Å². The maximum Gasteiger partial charge on any atom is 0.0599 e. The van der Waals surface area contributed by atoms with E-state index in [2.05, 4.69) is 41.5 Å². The van der Waals surface area contributed by atoms with Crippen molar-refractivity contribution in [3.63, 3.8) is 0 Å². The van der Waals surface area contributed by atoms with Gasteiger partial charge in [-0.1, -0.05) is 60.8 Å². The molecule has 4 aliphatic carbocycles. The highest BCUT2D eigenvalue weighted by Crippen LogP contribution is 2.68. The standard InChI is InChI=1S/C28H50O2.H2/c1-7-19(17(2)3)26(30)18(4)21-11-12-22-20-16-25(29)24-10-8-9-14-27(24,5)23(20)13-15-28(21,22)6;/h17-26,29-30H,7-16H2,1-6H3;1H. The van der Waals surface area contributed by atoms with Gasteiger partial charge < -0.3 is 10.2 Å². The molecule has 30 heavy (non-hydrogen) atoms. The Morgan fingerprint density at radius 2 is 1.60 bits per heavy atom. The summed E-state index contributed by atoms with van der Waals surface area (Å²) in [5.74, 6) is 4.82. The minimum Gasteiger partial charge on any atom is -0.393 e. The third-order valence-electron chi connectivity index (χ3n) is 11.6. The molecule has 2 nitrogen and oxygen atoms in total. The van der Waals surface area contributed by atoms with Crippen molar-refractivity contribution in [2.75, 3.05) is 0 Å². The van der Waals surface area contributed by atoms with Crippen LogP contribution in [0.5, 0.6) is 0 Å². The summed E-state index contributed by atoms with van der Waals surface area (Å²) in [5, 5.41) is 22.5. The molecule has 0 heterocycles. The van der Waals surface area contributed by atoms with E-state index in [1.54, 1.807) is 0 Å². The zero-order chi connectivity index (χ0) is 21.8. The van der Waals surface area contributed by atoms with Gasteiger partial charge in [-0.2, -0.15) is 0 Å². The van der Waals surface area contributed by atoms with E-state index in [1.807, 2.05) is 0 Å². The third kappa shape index (κ3) is 3.42. The highest BCUT2D eigenvalue weighted by Gasteiger charge is 2.62. The molecule has 11 unspecified atom stereocenters. The maximum absolute atomic E-state index is 11.3. The molecule has 11 atom stereocenters. The maximum atomic E-state index is 11.3. The molecule has 0 aliphatic heterocycles. The number of rotatable bonds is 5. The van der Waals surface area contributed by atoms with E-state index in [4.69, 9.17) is 0 Å². The van der Waals surface area contributed by atoms with Gasteiger partial charge in [0.2, 0.25) is 0 Å². The Morgan fingerprint density at radius 1 is 0.900 bits per heavy atom. The molecule has 2 heteroatoms. The molecule has 0 aromatic carbocycles. The van der Waals surface area contributed by atoms with Crippen LogP contribution in [0.4, 0.5) is 0 Å². The van der Waals surface area contributed by atoms with Crippen molar-refractivity contribution in [3.05, 3.63) is 0 Å². The second kappa shape index (κ2) is 8.36. The Morgan fingerprint density at radius 3 is 2.27 bits per heavy atom. The monoisotopic (exact) mass is 420 g/mol. The van der Waals surface area contributed by atoms with Crippen molar-refractivity contribution in [2.45, 2.75) is 118 Å². The molecule has 4 fully saturated rings. The molecule has 0 radical (unpaired) electrons. The zero-order valence-electron chi connectivity index (χ0n) is 20.7. The van der Waals surface area contributed by atoms with Crippen molar-refractivity contribution in [3.8, 4) is 0 Å². The smallest absolute Gasteiger partial charge is 0.0599 e. The predicted octanol–water partition coefficient (Wildman–Crippen LogP) is 6.93. The van der Waals surface area contributed by atoms with E-state index < -0.39 is 0 Å². The van der Waals surface area contributed by atoms with Gasteiger partial charge in [-0.05, 0) is 103 Å². The molecule has 4 saturated carbocycles. The second-order valence-electron chi connectivity index (χ2n) is 12.9. The summed E-state index contributed by atoms with van der Waals surface area (Å²) in [6, 6.07) is 0. The lowest BCUT2D eigenvalue weighted by Gasteiger charge is -2.62. The molecule has 0 amide bonds. The first-order chi connectivity index (χ1) is 14.1.